The van der Waals surface area contributed by atoms with Crippen LogP contribution >= 0.6 is 12.4 Å². The first kappa shape index (κ1) is 13.5. The SMILES string of the molecule is Cl.N[C@@H](Cc1cccc(O)c1O)C(=O)O. The summed E-state index contributed by atoms with van der Waals surface area (Å²) < 4.78 is 0. The summed E-state index contributed by atoms with van der Waals surface area (Å²) in [5, 5.41) is 27.0. The van der Waals surface area contributed by atoms with E-state index in [1.54, 1.807) is 0 Å². The molecule has 84 valence electrons. The highest BCUT2D eigenvalue weighted by Gasteiger charge is 2.15. The van der Waals surface area contributed by atoms with E-state index in [1.165, 1.54) is 18.2 Å². The first-order chi connectivity index (χ1) is 6.52. The molecule has 0 heterocycles. The number of hydrogen-bond acceptors (Lipinski definition) is 4. The lowest BCUT2D eigenvalue weighted by Gasteiger charge is -2.08. The van der Waals surface area contributed by atoms with Crippen LogP contribution in [0.5, 0.6) is 11.5 Å². The highest BCUT2D eigenvalue weighted by Crippen LogP contribution is 2.28. The van der Waals surface area contributed by atoms with Gasteiger partial charge in [0, 0.05) is 6.42 Å². The Balaban J connectivity index is 0.00000196. The molecule has 0 aliphatic carbocycles. The second kappa shape index (κ2) is 5.43. The second-order valence-electron chi connectivity index (χ2n) is 2.93. The monoisotopic (exact) mass is 233 g/mol. The molecular weight excluding hydrogens is 222 g/mol. The summed E-state index contributed by atoms with van der Waals surface area (Å²) >= 11 is 0. The van der Waals surface area contributed by atoms with Crippen molar-refractivity contribution in [2.24, 2.45) is 5.73 Å². The van der Waals surface area contributed by atoms with Crippen molar-refractivity contribution in [1.82, 2.24) is 0 Å². The molecule has 0 spiro atoms. The second-order valence-corrected chi connectivity index (χ2v) is 2.93. The molecule has 0 bridgehead atoms. The van der Waals surface area contributed by atoms with Crippen LogP contribution in [0.25, 0.3) is 0 Å². The fourth-order valence-electron chi connectivity index (χ4n) is 1.07. The van der Waals surface area contributed by atoms with Crippen molar-refractivity contribution in [1.29, 1.82) is 0 Å². The Bertz CT molecular complexity index is 356. The fraction of sp³-hybridized carbons (Fsp3) is 0.222. The summed E-state index contributed by atoms with van der Waals surface area (Å²) in [6.07, 6.45) is -0.0183. The van der Waals surface area contributed by atoms with Gasteiger partial charge in [0.25, 0.3) is 0 Å². The maximum atomic E-state index is 10.4. The fourth-order valence-corrected chi connectivity index (χ4v) is 1.07. The molecule has 6 heteroatoms. The van der Waals surface area contributed by atoms with Crippen LogP contribution in [0.1, 0.15) is 5.56 Å². The minimum atomic E-state index is -1.15. The Hall–Kier alpha value is -1.46. The molecule has 1 aromatic carbocycles. The van der Waals surface area contributed by atoms with Crippen molar-refractivity contribution in [2.75, 3.05) is 0 Å². The van der Waals surface area contributed by atoms with Crippen molar-refractivity contribution in [3.63, 3.8) is 0 Å². The molecule has 0 aliphatic heterocycles. The van der Waals surface area contributed by atoms with Crippen LogP contribution in [0.4, 0.5) is 0 Å². The van der Waals surface area contributed by atoms with Gasteiger partial charge in [0.05, 0.1) is 0 Å². The molecule has 5 N–H and O–H groups in total. The van der Waals surface area contributed by atoms with E-state index in [9.17, 15) is 9.90 Å². The number of rotatable bonds is 3. The van der Waals surface area contributed by atoms with Crippen molar-refractivity contribution in [3.05, 3.63) is 23.8 Å². The van der Waals surface area contributed by atoms with Gasteiger partial charge < -0.3 is 21.1 Å². The topological polar surface area (TPSA) is 104 Å². The maximum Gasteiger partial charge on any atom is 0.320 e. The van der Waals surface area contributed by atoms with E-state index in [-0.39, 0.29) is 30.3 Å². The number of halogens is 1. The summed E-state index contributed by atoms with van der Waals surface area (Å²) in [5.41, 5.74) is 5.59. The third-order valence-corrected chi connectivity index (χ3v) is 1.86. The van der Waals surface area contributed by atoms with E-state index >= 15 is 0 Å². The van der Waals surface area contributed by atoms with E-state index in [0.29, 0.717) is 5.56 Å². The van der Waals surface area contributed by atoms with Gasteiger partial charge in [0.1, 0.15) is 6.04 Å². The molecule has 1 aromatic rings. The highest BCUT2D eigenvalue weighted by molar-refractivity contribution is 5.85. The largest absolute Gasteiger partial charge is 0.504 e. The Morgan fingerprint density at radius 1 is 1.40 bits per heavy atom. The number of carbonyl (C=O) groups is 1. The van der Waals surface area contributed by atoms with Crippen LogP contribution in [0.2, 0.25) is 0 Å². The van der Waals surface area contributed by atoms with Gasteiger partial charge in [-0.3, -0.25) is 4.79 Å². The van der Waals surface area contributed by atoms with Gasteiger partial charge in [-0.1, -0.05) is 12.1 Å². The minimum Gasteiger partial charge on any atom is -0.504 e. The quantitative estimate of drug-likeness (QED) is 0.569. The summed E-state index contributed by atoms with van der Waals surface area (Å²) in [6.45, 7) is 0. The first-order valence-corrected chi connectivity index (χ1v) is 4.00. The van der Waals surface area contributed by atoms with E-state index in [1.807, 2.05) is 0 Å². The molecule has 1 atom stereocenters. The van der Waals surface area contributed by atoms with Crippen LogP contribution in [0.15, 0.2) is 18.2 Å². The lowest BCUT2D eigenvalue weighted by molar-refractivity contribution is -0.138. The van der Waals surface area contributed by atoms with E-state index in [4.69, 9.17) is 15.9 Å². The highest BCUT2D eigenvalue weighted by atomic mass is 35.5. The number of aliphatic carboxylic acids is 1. The minimum absolute atomic E-state index is 0. The summed E-state index contributed by atoms with van der Waals surface area (Å²) in [5.74, 6) is -1.74. The Kier molecular flexibility index (Phi) is 4.90. The molecule has 0 aliphatic rings. The Morgan fingerprint density at radius 3 is 2.53 bits per heavy atom. The van der Waals surface area contributed by atoms with Gasteiger partial charge in [-0.05, 0) is 11.6 Å². The third kappa shape index (κ3) is 3.30. The number of nitrogens with two attached hydrogens (primary N) is 1. The number of hydrogen-bond donors (Lipinski definition) is 4. The van der Waals surface area contributed by atoms with Gasteiger partial charge in [0.15, 0.2) is 11.5 Å². The Labute approximate surface area is 92.6 Å². The lowest BCUT2D eigenvalue weighted by atomic mass is 10.1. The van der Waals surface area contributed by atoms with Crippen LogP contribution in [-0.4, -0.2) is 27.3 Å². The molecule has 0 radical (unpaired) electrons. The first-order valence-electron chi connectivity index (χ1n) is 4.00. The number of phenols is 2. The normalized spacial score (nSPS) is 11.5. The number of carboxylic acids is 1. The molecule has 0 fully saturated rings. The summed E-state index contributed by atoms with van der Waals surface area (Å²) in [6, 6.07) is 3.25. The summed E-state index contributed by atoms with van der Waals surface area (Å²) in [4.78, 5) is 10.4. The predicted octanol–water partition coefficient (Wildman–Crippen LogP) is 0.474. The molecule has 0 amide bonds. The van der Waals surface area contributed by atoms with E-state index in [0.717, 1.165) is 0 Å². The number of aromatic hydroxyl groups is 2. The third-order valence-electron chi connectivity index (χ3n) is 1.86. The van der Waals surface area contributed by atoms with Gasteiger partial charge >= 0.3 is 5.97 Å². The van der Waals surface area contributed by atoms with Crippen LogP contribution in [0, 0.1) is 0 Å². The molecular formula is C9H12ClNO4. The molecule has 0 aromatic heterocycles. The number of benzene rings is 1. The van der Waals surface area contributed by atoms with Crippen molar-refractivity contribution in [3.8, 4) is 11.5 Å². The zero-order valence-electron chi connectivity index (χ0n) is 7.75. The lowest BCUT2D eigenvalue weighted by Crippen LogP contribution is -2.32. The van der Waals surface area contributed by atoms with Crippen molar-refractivity contribution in [2.45, 2.75) is 12.5 Å². The molecule has 15 heavy (non-hydrogen) atoms. The maximum absolute atomic E-state index is 10.4. The average molecular weight is 234 g/mol. The van der Waals surface area contributed by atoms with Gasteiger partial charge in [-0.2, -0.15) is 0 Å². The van der Waals surface area contributed by atoms with Crippen molar-refractivity contribution >= 4 is 18.4 Å². The van der Waals surface area contributed by atoms with E-state index < -0.39 is 12.0 Å². The van der Waals surface area contributed by atoms with Crippen molar-refractivity contribution < 1.29 is 20.1 Å². The average Bonchev–Trinajstić information content (AvgIpc) is 2.12. The molecule has 0 saturated heterocycles. The van der Waals surface area contributed by atoms with Gasteiger partial charge in [-0.25, -0.2) is 0 Å². The zero-order chi connectivity index (χ0) is 10.7. The number of phenolic OH excluding ortho intramolecular Hbond substituents is 2. The zero-order valence-corrected chi connectivity index (χ0v) is 8.57. The standard InChI is InChI=1S/C9H11NO4.ClH/c10-6(9(13)14)4-5-2-1-3-7(11)8(5)12;/h1-3,6,11-12H,4,10H2,(H,13,14);1H/t6-;/m0./s1. The predicted molar refractivity (Wildman–Crippen MR) is 56.3 cm³/mol. The van der Waals surface area contributed by atoms with Gasteiger partial charge in [-0.15, -0.1) is 12.4 Å². The number of para-hydroxylation sites is 1. The molecule has 0 unspecified atom stereocenters. The van der Waals surface area contributed by atoms with Gasteiger partial charge in [0.2, 0.25) is 0 Å². The summed E-state index contributed by atoms with van der Waals surface area (Å²) in [7, 11) is 0. The van der Waals surface area contributed by atoms with E-state index in [2.05, 4.69) is 0 Å². The Morgan fingerprint density at radius 2 is 2.00 bits per heavy atom. The molecule has 5 nitrogen and oxygen atoms in total. The number of carboxylic acid groups (broad SMARTS) is 1. The van der Waals surface area contributed by atoms with Crippen LogP contribution in [0.3, 0.4) is 0 Å². The van der Waals surface area contributed by atoms with Crippen LogP contribution in [-0.2, 0) is 11.2 Å². The van der Waals surface area contributed by atoms with Crippen LogP contribution < -0.4 is 5.73 Å². The molecule has 1 rings (SSSR count). The molecule has 0 saturated carbocycles. The smallest absolute Gasteiger partial charge is 0.320 e.